The van der Waals surface area contributed by atoms with Gasteiger partial charge in [-0.2, -0.15) is 0 Å². The number of hydrogen-bond donors (Lipinski definition) is 1. The average Bonchev–Trinajstić information content (AvgIpc) is 2.60. The van der Waals surface area contributed by atoms with Crippen LogP contribution >= 0.6 is 0 Å². The molecular weight excluding hydrogens is 174 g/mol. The van der Waals surface area contributed by atoms with Gasteiger partial charge in [-0.25, -0.2) is 0 Å². The number of anilines is 1. The zero-order valence-corrected chi connectivity index (χ0v) is 7.73. The summed E-state index contributed by atoms with van der Waals surface area (Å²) >= 11 is 0. The molecule has 1 aromatic carbocycles. The zero-order chi connectivity index (χ0) is 9.43. The normalized spacial score (nSPS) is 27.1. The molecule has 1 N–H and O–H groups in total. The highest BCUT2D eigenvalue weighted by Crippen LogP contribution is 2.39. The fourth-order valence-corrected chi connectivity index (χ4v) is 2.04. The summed E-state index contributed by atoms with van der Waals surface area (Å²) in [5.41, 5.74) is 2.12. The van der Waals surface area contributed by atoms with Crippen LogP contribution in [0.1, 0.15) is 5.56 Å². The Kier molecular flexibility index (Phi) is 1.45. The van der Waals surface area contributed by atoms with E-state index in [1.54, 1.807) is 6.26 Å². The maximum absolute atomic E-state index is 5.72. The third-order valence-corrected chi connectivity index (χ3v) is 2.76. The standard InChI is InChI=1S/C12H11NO/c1-2-6-11-10(5-1)12(9-13-11)7-3-4-8-14-12/h1-8,13H,9H2. The molecule has 0 aromatic heterocycles. The summed E-state index contributed by atoms with van der Waals surface area (Å²) in [6, 6.07) is 8.27. The number of hydrogen-bond acceptors (Lipinski definition) is 2. The highest BCUT2D eigenvalue weighted by molar-refractivity contribution is 5.61. The van der Waals surface area contributed by atoms with E-state index in [2.05, 4.69) is 23.5 Å². The van der Waals surface area contributed by atoms with Gasteiger partial charge in [0.05, 0.1) is 12.8 Å². The van der Waals surface area contributed by atoms with Crippen molar-refractivity contribution < 1.29 is 4.74 Å². The van der Waals surface area contributed by atoms with Crippen LogP contribution in [0.25, 0.3) is 0 Å². The lowest BCUT2D eigenvalue weighted by atomic mass is 9.94. The first-order valence-electron chi connectivity index (χ1n) is 4.76. The van der Waals surface area contributed by atoms with Crippen molar-refractivity contribution in [2.24, 2.45) is 0 Å². The van der Waals surface area contributed by atoms with E-state index < -0.39 is 0 Å². The molecule has 0 radical (unpaired) electrons. The number of para-hydroxylation sites is 1. The molecule has 1 unspecified atom stereocenters. The minimum absolute atomic E-state index is 0.272. The van der Waals surface area contributed by atoms with Crippen molar-refractivity contribution >= 4 is 5.69 Å². The lowest BCUT2D eigenvalue weighted by Crippen LogP contribution is -2.28. The van der Waals surface area contributed by atoms with Gasteiger partial charge in [-0.3, -0.25) is 0 Å². The smallest absolute Gasteiger partial charge is 0.171 e. The van der Waals surface area contributed by atoms with Crippen LogP contribution in [0, 0.1) is 0 Å². The number of ether oxygens (including phenoxy) is 1. The minimum Gasteiger partial charge on any atom is -0.484 e. The average molecular weight is 185 g/mol. The molecule has 2 nitrogen and oxygen atoms in total. The Labute approximate surface area is 82.9 Å². The maximum Gasteiger partial charge on any atom is 0.171 e. The highest BCUT2D eigenvalue weighted by Gasteiger charge is 2.38. The van der Waals surface area contributed by atoms with Gasteiger partial charge in [0, 0.05) is 11.3 Å². The predicted octanol–water partition coefficient (Wildman–Crippen LogP) is 2.41. The van der Waals surface area contributed by atoms with Gasteiger partial charge in [-0.05, 0) is 18.2 Å². The summed E-state index contributed by atoms with van der Waals surface area (Å²) in [5, 5.41) is 3.35. The van der Waals surface area contributed by atoms with E-state index in [1.807, 2.05) is 24.3 Å². The van der Waals surface area contributed by atoms with Gasteiger partial charge < -0.3 is 10.1 Å². The maximum atomic E-state index is 5.72. The molecule has 2 aliphatic heterocycles. The summed E-state index contributed by atoms with van der Waals surface area (Å²) in [6.45, 7) is 0.813. The lowest BCUT2D eigenvalue weighted by Gasteiger charge is -2.26. The monoisotopic (exact) mass is 185 g/mol. The third kappa shape index (κ3) is 0.909. The number of nitrogens with one attached hydrogen (secondary N) is 1. The molecule has 0 saturated carbocycles. The van der Waals surface area contributed by atoms with Crippen molar-refractivity contribution in [2.45, 2.75) is 5.60 Å². The van der Waals surface area contributed by atoms with Gasteiger partial charge in [-0.15, -0.1) is 0 Å². The second-order valence-corrected chi connectivity index (χ2v) is 3.59. The summed E-state index contributed by atoms with van der Waals surface area (Å²) in [6.07, 6.45) is 7.80. The molecule has 0 fully saturated rings. The van der Waals surface area contributed by atoms with Crippen molar-refractivity contribution in [1.82, 2.24) is 0 Å². The minimum atomic E-state index is -0.272. The predicted molar refractivity (Wildman–Crippen MR) is 56.0 cm³/mol. The van der Waals surface area contributed by atoms with Crippen molar-refractivity contribution in [1.29, 1.82) is 0 Å². The number of allylic oxidation sites excluding steroid dienone is 2. The van der Waals surface area contributed by atoms with E-state index >= 15 is 0 Å². The van der Waals surface area contributed by atoms with Gasteiger partial charge in [0.1, 0.15) is 0 Å². The SMILES string of the molecule is C1=COC2(C=C1)CNc1ccccc12. The van der Waals surface area contributed by atoms with Gasteiger partial charge in [-0.1, -0.05) is 24.3 Å². The molecule has 2 heteroatoms. The molecule has 70 valence electrons. The number of benzene rings is 1. The first-order valence-corrected chi connectivity index (χ1v) is 4.76. The summed E-state index contributed by atoms with van der Waals surface area (Å²) in [7, 11) is 0. The summed E-state index contributed by atoms with van der Waals surface area (Å²) in [4.78, 5) is 0. The van der Waals surface area contributed by atoms with Gasteiger partial charge in [0.25, 0.3) is 0 Å². The van der Waals surface area contributed by atoms with Gasteiger partial charge >= 0.3 is 0 Å². The Morgan fingerprint density at radius 1 is 1.21 bits per heavy atom. The van der Waals surface area contributed by atoms with Gasteiger partial charge in [0.15, 0.2) is 5.60 Å². The van der Waals surface area contributed by atoms with Crippen molar-refractivity contribution in [3.8, 4) is 0 Å². The van der Waals surface area contributed by atoms with Crippen LogP contribution in [-0.4, -0.2) is 6.54 Å². The molecule has 1 aromatic rings. The first-order chi connectivity index (χ1) is 6.91. The second-order valence-electron chi connectivity index (χ2n) is 3.59. The van der Waals surface area contributed by atoms with Crippen LogP contribution < -0.4 is 5.32 Å². The fourth-order valence-electron chi connectivity index (χ4n) is 2.04. The van der Waals surface area contributed by atoms with Crippen molar-refractivity contribution in [3.63, 3.8) is 0 Å². The van der Waals surface area contributed by atoms with E-state index in [9.17, 15) is 0 Å². The molecule has 0 saturated heterocycles. The zero-order valence-electron chi connectivity index (χ0n) is 7.73. The molecule has 2 aliphatic rings. The molecule has 0 bridgehead atoms. The van der Waals surface area contributed by atoms with E-state index in [-0.39, 0.29) is 5.60 Å². The van der Waals surface area contributed by atoms with Crippen LogP contribution in [0.3, 0.4) is 0 Å². The first kappa shape index (κ1) is 7.68. The molecule has 3 rings (SSSR count). The highest BCUT2D eigenvalue weighted by atomic mass is 16.5. The van der Waals surface area contributed by atoms with Crippen LogP contribution in [0.15, 0.2) is 48.8 Å². The summed E-state index contributed by atoms with van der Waals surface area (Å²) < 4.78 is 5.72. The Balaban J connectivity index is 2.13. The van der Waals surface area contributed by atoms with E-state index in [4.69, 9.17) is 4.74 Å². The summed E-state index contributed by atoms with van der Waals surface area (Å²) in [5.74, 6) is 0. The van der Waals surface area contributed by atoms with E-state index in [0.29, 0.717) is 0 Å². The van der Waals surface area contributed by atoms with Gasteiger partial charge in [0.2, 0.25) is 0 Å². The Bertz CT molecular complexity index is 422. The molecule has 1 spiro atoms. The van der Waals surface area contributed by atoms with Crippen LogP contribution in [0.4, 0.5) is 5.69 Å². The van der Waals surface area contributed by atoms with Crippen molar-refractivity contribution in [3.05, 3.63) is 54.3 Å². The molecule has 0 amide bonds. The third-order valence-electron chi connectivity index (χ3n) is 2.76. The molecule has 0 aliphatic carbocycles. The largest absolute Gasteiger partial charge is 0.484 e. The Hall–Kier alpha value is -1.70. The molecule has 14 heavy (non-hydrogen) atoms. The van der Waals surface area contributed by atoms with Crippen LogP contribution in [0.5, 0.6) is 0 Å². The Morgan fingerprint density at radius 2 is 2.14 bits per heavy atom. The Morgan fingerprint density at radius 3 is 3.00 bits per heavy atom. The van der Waals surface area contributed by atoms with Crippen LogP contribution in [0.2, 0.25) is 0 Å². The van der Waals surface area contributed by atoms with Crippen molar-refractivity contribution in [2.75, 3.05) is 11.9 Å². The fraction of sp³-hybridized carbons (Fsp3) is 0.167. The number of rotatable bonds is 0. The molecule has 2 heterocycles. The quantitative estimate of drug-likeness (QED) is 0.670. The van der Waals surface area contributed by atoms with E-state index in [0.717, 1.165) is 6.54 Å². The lowest BCUT2D eigenvalue weighted by molar-refractivity contribution is 0.0821. The molecular formula is C12H11NO. The second kappa shape index (κ2) is 2.64. The topological polar surface area (TPSA) is 21.3 Å². The number of fused-ring (bicyclic) bond motifs is 2. The van der Waals surface area contributed by atoms with E-state index in [1.165, 1.54) is 11.3 Å². The van der Waals surface area contributed by atoms with Crippen LogP contribution in [-0.2, 0) is 10.3 Å². The molecule has 1 atom stereocenters.